The van der Waals surface area contributed by atoms with Crippen molar-refractivity contribution in [2.24, 2.45) is 0 Å². The van der Waals surface area contributed by atoms with Gasteiger partial charge >= 0.3 is 0 Å². The number of benzene rings is 2. The molecule has 4 atom stereocenters. The van der Waals surface area contributed by atoms with E-state index in [9.17, 15) is 37.3 Å². The third-order valence-corrected chi connectivity index (χ3v) is 8.22. The first-order valence-electron chi connectivity index (χ1n) is 11.5. The zero-order valence-corrected chi connectivity index (χ0v) is 21.9. The van der Waals surface area contributed by atoms with Crippen LogP contribution in [0.2, 0.25) is 0 Å². The van der Waals surface area contributed by atoms with E-state index in [2.05, 4.69) is 0 Å². The second kappa shape index (κ2) is 13.6. The maximum Gasteiger partial charge on any atom is 0.297 e. The van der Waals surface area contributed by atoms with Crippen molar-refractivity contribution >= 4 is 20.2 Å². The smallest absolute Gasteiger partial charge is 0.297 e. The predicted octanol–water partition coefficient (Wildman–Crippen LogP) is 1.42. The van der Waals surface area contributed by atoms with Crippen molar-refractivity contribution in [2.45, 2.75) is 73.7 Å². The summed E-state index contributed by atoms with van der Waals surface area (Å²) in [6.07, 6.45) is -5.79. The molecule has 2 aromatic carbocycles. The number of hydrogen-bond acceptors (Lipinski definition) is 10. The van der Waals surface area contributed by atoms with Gasteiger partial charge in [0.25, 0.3) is 20.2 Å². The monoisotopic (exact) mass is 546 g/mol. The Balaban J connectivity index is 2.42. The quantitative estimate of drug-likeness (QED) is 0.240. The molecule has 4 N–H and O–H groups in total. The lowest BCUT2D eigenvalue weighted by atomic mass is 10.0. The normalized spacial score (nSPS) is 15.8. The first kappa shape index (κ1) is 30.3. The molecule has 2 aromatic rings. The Hall–Kier alpha value is -1.90. The third-order valence-electron chi connectivity index (χ3n) is 5.52. The SMILES string of the molecule is Cc1ccc(S(=O)(=O)O[C@@H](CC[C@@H](O)CO)[C@H](CC[C@@H](O)CO)OS(=O)(=O)c2ccc(C)cc2)cc1. The summed E-state index contributed by atoms with van der Waals surface area (Å²) in [5.74, 6) is 0. The van der Waals surface area contributed by atoms with E-state index in [0.29, 0.717) is 0 Å². The maximum atomic E-state index is 13.0. The lowest BCUT2D eigenvalue weighted by molar-refractivity contribution is 0.0167. The van der Waals surface area contributed by atoms with Crippen molar-refractivity contribution in [3.8, 4) is 0 Å². The molecule has 0 saturated heterocycles. The molecule has 2 rings (SSSR count). The molecule has 0 aliphatic heterocycles. The van der Waals surface area contributed by atoms with Crippen LogP contribution in [0.4, 0.5) is 0 Å². The molecule has 36 heavy (non-hydrogen) atoms. The van der Waals surface area contributed by atoms with Gasteiger partial charge in [-0.15, -0.1) is 0 Å². The van der Waals surface area contributed by atoms with E-state index in [4.69, 9.17) is 8.37 Å². The number of aliphatic hydroxyl groups excluding tert-OH is 4. The van der Waals surface area contributed by atoms with Gasteiger partial charge < -0.3 is 20.4 Å². The van der Waals surface area contributed by atoms with Gasteiger partial charge in [-0.05, 0) is 63.8 Å². The summed E-state index contributed by atoms with van der Waals surface area (Å²) in [6.45, 7) is 2.38. The Morgan fingerprint density at radius 3 is 1.19 bits per heavy atom. The van der Waals surface area contributed by atoms with Crippen LogP contribution >= 0.6 is 0 Å². The zero-order chi connectivity index (χ0) is 26.9. The summed E-state index contributed by atoms with van der Waals surface area (Å²) in [4.78, 5) is -0.312. The van der Waals surface area contributed by atoms with E-state index >= 15 is 0 Å². The minimum Gasteiger partial charge on any atom is -0.394 e. The summed E-state index contributed by atoms with van der Waals surface area (Å²) in [5, 5.41) is 38.1. The number of hydrogen-bond donors (Lipinski definition) is 4. The number of aliphatic hydroxyl groups is 4. The first-order chi connectivity index (χ1) is 16.9. The molecular weight excluding hydrogens is 512 g/mol. The van der Waals surface area contributed by atoms with Crippen LogP contribution < -0.4 is 0 Å². The molecule has 0 radical (unpaired) electrons. The average Bonchev–Trinajstić information content (AvgIpc) is 2.84. The molecule has 12 heteroatoms. The van der Waals surface area contributed by atoms with Crippen molar-refractivity contribution in [3.05, 3.63) is 59.7 Å². The lowest BCUT2D eigenvalue weighted by Gasteiger charge is -2.28. The van der Waals surface area contributed by atoms with Crippen LogP contribution in [0.25, 0.3) is 0 Å². The van der Waals surface area contributed by atoms with Crippen molar-refractivity contribution < 1.29 is 45.6 Å². The van der Waals surface area contributed by atoms with Crippen molar-refractivity contribution in [3.63, 3.8) is 0 Å². The largest absolute Gasteiger partial charge is 0.394 e. The van der Waals surface area contributed by atoms with Crippen LogP contribution in [0.15, 0.2) is 58.3 Å². The van der Waals surface area contributed by atoms with E-state index in [1.807, 2.05) is 0 Å². The number of aryl methyl sites for hydroxylation is 2. The molecule has 0 amide bonds. The minimum absolute atomic E-state index is 0.114. The molecule has 0 aliphatic carbocycles. The maximum absolute atomic E-state index is 13.0. The Labute approximate surface area is 212 Å². The Morgan fingerprint density at radius 2 is 0.917 bits per heavy atom. The van der Waals surface area contributed by atoms with E-state index in [-0.39, 0.29) is 35.5 Å². The second-order valence-corrected chi connectivity index (χ2v) is 11.8. The zero-order valence-electron chi connectivity index (χ0n) is 20.2. The third kappa shape index (κ3) is 9.20. The van der Waals surface area contributed by atoms with E-state index in [1.165, 1.54) is 24.3 Å². The predicted molar refractivity (Wildman–Crippen MR) is 131 cm³/mol. The highest BCUT2D eigenvalue weighted by Crippen LogP contribution is 2.27. The molecule has 0 heterocycles. The van der Waals surface area contributed by atoms with Crippen LogP contribution in [0.5, 0.6) is 0 Å². The molecule has 0 unspecified atom stereocenters. The highest BCUT2D eigenvalue weighted by molar-refractivity contribution is 7.87. The topological polar surface area (TPSA) is 168 Å². The minimum atomic E-state index is -4.38. The van der Waals surface area contributed by atoms with Gasteiger partial charge in [-0.1, -0.05) is 35.4 Å². The Bertz CT molecular complexity index is 1050. The van der Waals surface area contributed by atoms with Gasteiger partial charge in [0, 0.05) is 0 Å². The van der Waals surface area contributed by atoms with Crippen LogP contribution in [0.1, 0.15) is 36.8 Å². The second-order valence-electron chi connectivity index (χ2n) is 8.63. The van der Waals surface area contributed by atoms with E-state index in [1.54, 1.807) is 38.1 Å². The molecular formula is C24H34O10S2. The molecule has 0 fully saturated rings. The van der Waals surface area contributed by atoms with Gasteiger partial charge in [-0.3, -0.25) is 8.37 Å². The molecule has 0 spiro atoms. The van der Waals surface area contributed by atoms with E-state index in [0.717, 1.165) is 11.1 Å². The molecule has 0 saturated carbocycles. The van der Waals surface area contributed by atoms with Gasteiger partial charge in [0.2, 0.25) is 0 Å². The van der Waals surface area contributed by atoms with Crippen LogP contribution in [0.3, 0.4) is 0 Å². The van der Waals surface area contributed by atoms with Gasteiger partial charge in [0.15, 0.2) is 0 Å². The summed E-state index contributed by atoms with van der Waals surface area (Å²) < 4.78 is 62.9. The fourth-order valence-corrected chi connectivity index (χ4v) is 5.59. The van der Waals surface area contributed by atoms with Gasteiger partial charge in [-0.2, -0.15) is 16.8 Å². The fraction of sp³-hybridized carbons (Fsp3) is 0.500. The van der Waals surface area contributed by atoms with Gasteiger partial charge in [0.05, 0.1) is 35.2 Å². The molecule has 0 aliphatic rings. The molecule has 0 bridgehead atoms. The van der Waals surface area contributed by atoms with Gasteiger partial charge in [0.1, 0.15) is 12.2 Å². The lowest BCUT2D eigenvalue weighted by Crippen LogP contribution is -2.37. The molecule has 10 nitrogen and oxygen atoms in total. The summed E-state index contributed by atoms with van der Waals surface area (Å²) >= 11 is 0. The van der Waals surface area contributed by atoms with Crippen molar-refractivity contribution in [1.82, 2.24) is 0 Å². The van der Waals surface area contributed by atoms with Gasteiger partial charge in [-0.25, -0.2) is 0 Å². The van der Waals surface area contributed by atoms with Crippen LogP contribution in [-0.4, -0.2) is 74.9 Å². The fourth-order valence-electron chi connectivity index (χ4n) is 3.33. The highest BCUT2D eigenvalue weighted by atomic mass is 32.2. The average molecular weight is 547 g/mol. The van der Waals surface area contributed by atoms with Crippen molar-refractivity contribution in [1.29, 1.82) is 0 Å². The van der Waals surface area contributed by atoms with Crippen molar-refractivity contribution in [2.75, 3.05) is 13.2 Å². The Morgan fingerprint density at radius 1 is 0.611 bits per heavy atom. The summed E-state index contributed by atoms with van der Waals surface area (Å²) in [6, 6.07) is 11.7. The molecule has 202 valence electrons. The highest BCUT2D eigenvalue weighted by Gasteiger charge is 2.34. The van der Waals surface area contributed by atoms with Crippen LogP contribution in [-0.2, 0) is 28.6 Å². The summed E-state index contributed by atoms with van der Waals surface area (Å²) in [5.41, 5.74) is 1.64. The first-order valence-corrected chi connectivity index (χ1v) is 14.3. The molecule has 0 aromatic heterocycles. The Kier molecular flexibility index (Phi) is 11.4. The standard InChI is InChI=1S/C24H34O10S2/c1-17-3-9-21(10-4-17)35(29,30)33-23(13-7-19(27)15-25)24(14-8-20(28)16-26)34-36(31,32)22-11-5-18(2)6-12-22/h3-6,9-12,19-20,23-28H,7-8,13-16H2,1-2H3/t19-,20-,23+,24+/m1/s1. The van der Waals surface area contributed by atoms with Crippen LogP contribution in [0, 0.1) is 13.8 Å². The van der Waals surface area contributed by atoms with E-state index < -0.39 is 57.9 Å². The number of rotatable bonds is 15. The summed E-state index contributed by atoms with van der Waals surface area (Å²) in [7, 11) is -8.75.